The topological polar surface area (TPSA) is 48.1 Å². The molecule has 1 aromatic rings. The van der Waals surface area contributed by atoms with E-state index in [0.29, 0.717) is 5.82 Å². The summed E-state index contributed by atoms with van der Waals surface area (Å²) in [6, 6.07) is 5.43. The average Bonchev–Trinajstić information content (AvgIpc) is 2.39. The van der Waals surface area contributed by atoms with Crippen molar-refractivity contribution < 1.29 is 4.74 Å². The van der Waals surface area contributed by atoms with Gasteiger partial charge < -0.3 is 10.5 Å². The van der Waals surface area contributed by atoms with Gasteiger partial charge in [-0.3, -0.25) is 0 Å². The molecule has 3 heteroatoms. The number of unbranched alkanes of at least 4 members (excludes halogenated alkanes) is 4. The van der Waals surface area contributed by atoms with Crippen molar-refractivity contribution in [3.05, 3.63) is 24.4 Å². The van der Waals surface area contributed by atoms with Gasteiger partial charge in [0.1, 0.15) is 5.82 Å². The van der Waals surface area contributed by atoms with Crippen LogP contribution >= 0.6 is 0 Å². The lowest BCUT2D eigenvalue weighted by molar-refractivity contribution is 0.126. The molecule has 2 N–H and O–H groups in total. The minimum absolute atomic E-state index is 0.572. The van der Waals surface area contributed by atoms with E-state index in [4.69, 9.17) is 10.5 Å². The first-order valence-electron chi connectivity index (χ1n) is 7.05. The number of anilines is 1. The summed E-state index contributed by atoms with van der Waals surface area (Å²) < 4.78 is 5.44. The molecule has 0 bridgehead atoms. The lowest BCUT2D eigenvalue weighted by atomic mass is 10.2. The molecule has 0 saturated heterocycles. The maximum Gasteiger partial charge on any atom is 0.123 e. The summed E-state index contributed by atoms with van der Waals surface area (Å²) in [6.45, 7) is 6.38. The van der Waals surface area contributed by atoms with E-state index in [0.717, 1.165) is 13.2 Å². The number of nitrogens with two attached hydrogens (primary N) is 1. The number of hydrogen-bond donors (Lipinski definition) is 1. The molecule has 3 nitrogen and oxygen atoms in total. The van der Waals surface area contributed by atoms with Gasteiger partial charge in [-0.25, -0.2) is 4.98 Å². The quantitative estimate of drug-likeness (QED) is 0.710. The highest BCUT2D eigenvalue weighted by Gasteiger charge is 1.88. The largest absolute Gasteiger partial charge is 0.384 e. The van der Waals surface area contributed by atoms with Crippen molar-refractivity contribution in [2.75, 3.05) is 18.9 Å². The van der Waals surface area contributed by atoms with E-state index in [9.17, 15) is 0 Å². The van der Waals surface area contributed by atoms with E-state index in [-0.39, 0.29) is 0 Å². The van der Waals surface area contributed by atoms with Crippen LogP contribution in [0.3, 0.4) is 0 Å². The van der Waals surface area contributed by atoms with Gasteiger partial charge in [0, 0.05) is 19.4 Å². The summed E-state index contributed by atoms with van der Waals surface area (Å²) in [7, 11) is 0. The second-order valence-electron chi connectivity index (χ2n) is 4.28. The SMILES string of the molecule is CCCCCOCCCCC.Nc1ccccn1. The molecule has 0 unspecified atom stereocenters. The monoisotopic (exact) mass is 252 g/mol. The Morgan fingerprint density at radius 1 is 1.00 bits per heavy atom. The fraction of sp³-hybridized carbons (Fsp3) is 0.667. The van der Waals surface area contributed by atoms with Crippen LogP contribution in [0.4, 0.5) is 5.82 Å². The zero-order valence-electron chi connectivity index (χ0n) is 11.9. The molecule has 1 rings (SSSR count). The molecule has 1 aromatic heterocycles. The summed E-state index contributed by atoms with van der Waals surface area (Å²) in [5, 5.41) is 0. The van der Waals surface area contributed by atoms with Crippen molar-refractivity contribution in [1.82, 2.24) is 4.98 Å². The van der Waals surface area contributed by atoms with Crippen LogP contribution in [0.15, 0.2) is 24.4 Å². The molecule has 0 fully saturated rings. The highest BCUT2D eigenvalue weighted by molar-refractivity contribution is 5.25. The lowest BCUT2D eigenvalue weighted by Crippen LogP contribution is -1.96. The summed E-state index contributed by atoms with van der Waals surface area (Å²) >= 11 is 0. The van der Waals surface area contributed by atoms with E-state index in [1.807, 2.05) is 12.1 Å². The van der Waals surface area contributed by atoms with E-state index in [2.05, 4.69) is 18.8 Å². The van der Waals surface area contributed by atoms with Crippen LogP contribution in [0.1, 0.15) is 52.4 Å². The van der Waals surface area contributed by atoms with Gasteiger partial charge in [-0.05, 0) is 25.0 Å². The highest BCUT2D eigenvalue weighted by atomic mass is 16.5. The second kappa shape index (κ2) is 14.0. The average molecular weight is 252 g/mol. The third-order valence-corrected chi connectivity index (χ3v) is 2.47. The van der Waals surface area contributed by atoms with Crippen LogP contribution in [-0.2, 0) is 4.74 Å². The van der Waals surface area contributed by atoms with Gasteiger partial charge in [0.05, 0.1) is 0 Å². The summed E-state index contributed by atoms with van der Waals surface area (Å²) in [5.41, 5.74) is 5.25. The zero-order valence-corrected chi connectivity index (χ0v) is 11.9. The number of ether oxygens (including phenoxy) is 1. The molecule has 0 amide bonds. The van der Waals surface area contributed by atoms with Crippen LogP contribution in [0.5, 0.6) is 0 Å². The van der Waals surface area contributed by atoms with Gasteiger partial charge in [0.25, 0.3) is 0 Å². The second-order valence-corrected chi connectivity index (χ2v) is 4.28. The van der Waals surface area contributed by atoms with Crippen LogP contribution in [-0.4, -0.2) is 18.2 Å². The molecular weight excluding hydrogens is 224 g/mol. The molecule has 18 heavy (non-hydrogen) atoms. The molecule has 0 aliphatic heterocycles. The predicted octanol–water partition coefficient (Wildman–Crippen LogP) is 4.05. The van der Waals surface area contributed by atoms with Crippen LogP contribution in [0.2, 0.25) is 0 Å². The molecule has 104 valence electrons. The van der Waals surface area contributed by atoms with Gasteiger partial charge >= 0.3 is 0 Å². The third kappa shape index (κ3) is 13.0. The van der Waals surface area contributed by atoms with Crippen LogP contribution < -0.4 is 5.73 Å². The molecule has 0 aliphatic rings. The van der Waals surface area contributed by atoms with E-state index < -0.39 is 0 Å². The van der Waals surface area contributed by atoms with Gasteiger partial charge in [0.2, 0.25) is 0 Å². The number of pyridine rings is 1. The first kappa shape index (κ1) is 16.9. The Kier molecular flexibility index (Phi) is 13.1. The van der Waals surface area contributed by atoms with E-state index >= 15 is 0 Å². The molecule has 0 saturated carbocycles. The molecule has 1 heterocycles. The van der Waals surface area contributed by atoms with Crippen molar-refractivity contribution in [3.8, 4) is 0 Å². The smallest absolute Gasteiger partial charge is 0.123 e. The normalized spacial score (nSPS) is 9.67. The minimum Gasteiger partial charge on any atom is -0.384 e. The Balaban J connectivity index is 0.000000351. The van der Waals surface area contributed by atoms with Crippen molar-refractivity contribution >= 4 is 5.82 Å². The van der Waals surface area contributed by atoms with E-state index in [1.54, 1.807) is 12.3 Å². The van der Waals surface area contributed by atoms with Gasteiger partial charge in [-0.2, -0.15) is 0 Å². The van der Waals surface area contributed by atoms with Gasteiger partial charge in [0.15, 0.2) is 0 Å². The molecular formula is C15H28N2O. The van der Waals surface area contributed by atoms with Gasteiger partial charge in [-0.1, -0.05) is 45.6 Å². The van der Waals surface area contributed by atoms with Crippen molar-refractivity contribution in [1.29, 1.82) is 0 Å². The van der Waals surface area contributed by atoms with E-state index in [1.165, 1.54) is 38.5 Å². The van der Waals surface area contributed by atoms with Crippen molar-refractivity contribution in [2.24, 2.45) is 0 Å². The fourth-order valence-electron chi connectivity index (χ4n) is 1.39. The van der Waals surface area contributed by atoms with Crippen LogP contribution in [0, 0.1) is 0 Å². The Labute approximate surface area is 112 Å². The highest BCUT2D eigenvalue weighted by Crippen LogP contribution is 1.97. The lowest BCUT2D eigenvalue weighted by Gasteiger charge is -2.01. The zero-order chi connectivity index (χ0) is 13.5. The maximum absolute atomic E-state index is 5.44. The molecule has 0 aliphatic carbocycles. The first-order chi connectivity index (χ1) is 8.81. The minimum atomic E-state index is 0.572. The number of nitrogen functional groups attached to an aromatic ring is 1. The van der Waals surface area contributed by atoms with Crippen LogP contribution in [0.25, 0.3) is 0 Å². The van der Waals surface area contributed by atoms with Crippen molar-refractivity contribution in [3.63, 3.8) is 0 Å². The fourth-order valence-corrected chi connectivity index (χ4v) is 1.39. The third-order valence-electron chi connectivity index (χ3n) is 2.47. The molecule has 0 aromatic carbocycles. The summed E-state index contributed by atoms with van der Waals surface area (Å²) in [6.07, 6.45) is 9.35. The number of hydrogen-bond acceptors (Lipinski definition) is 3. The molecule has 0 radical (unpaired) electrons. The number of rotatable bonds is 8. The molecule has 0 atom stereocenters. The van der Waals surface area contributed by atoms with Crippen molar-refractivity contribution in [2.45, 2.75) is 52.4 Å². The first-order valence-corrected chi connectivity index (χ1v) is 7.05. The Morgan fingerprint density at radius 3 is 1.94 bits per heavy atom. The predicted molar refractivity (Wildman–Crippen MR) is 78.5 cm³/mol. The summed E-state index contributed by atoms with van der Waals surface area (Å²) in [4.78, 5) is 3.76. The Morgan fingerprint density at radius 2 is 1.61 bits per heavy atom. The maximum atomic E-state index is 5.44. The Bertz CT molecular complexity index is 244. The Hall–Kier alpha value is -1.09. The van der Waals surface area contributed by atoms with Gasteiger partial charge in [-0.15, -0.1) is 0 Å². The number of aromatic nitrogens is 1. The molecule has 0 spiro atoms. The number of nitrogens with zero attached hydrogens (tertiary/aromatic N) is 1. The summed E-state index contributed by atoms with van der Waals surface area (Å²) in [5.74, 6) is 0.572. The standard InChI is InChI=1S/C10H22O.C5H6N2/c1-3-5-7-9-11-10-8-6-4-2;6-5-3-1-2-4-7-5/h3-10H2,1-2H3;1-4H,(H2,6,7).